The molecule has 0 unspecified atom stereocenters. The number of aliphatic imine (C=N–C) groups is 1. The van der Waals surface area contributed by atoms with E-state index in [1.165, 1.54) is 53.8 Å². The van der Waals surface area contributed by atoms with Crippen LogP contribution in [0.4, 0.5) is 105 Å². The molecule has 2 aliphatic heterocycles. The molecule has 0 spiro atoms. The van der Waals surface area contributed by atoms with Gasteiger partial charge in [0, 0.05) is 34.7 Å². The van der Waals surface area contributed by atoms with Crippen LogP contribution in [0.5, 0.6) is 0 Å². The molecule has 0 saturated carbocycles. The van der Waals surface area contributed by atoms with Gasteiger partial charge in [-0.15, -0.1) is 0 Å². The fraction of sp³-hybridized carbons (Fsp3) is 0.388. The zero-order valence-corrected chi connectivity index (χ0v) is 55.1. The summed E-state index contributed by atoms with van der Waals surface area (Å²) in [6.45, 7) is 13.2. The Labute approximate surface area is 557 Å². The molecule has 0 N–H and O–H groups in total. The number of hydrogen-bond donors (Lipinski definition) is 0. The van der Waals surface area contributed by atoms with Crippen molar-refractivity contribution in [2.45, 2.75) is 147 Å². The average Bonchev–Trinajstić information content (AvgIpc) is 1.52. The second-order valence-electron chi connectivity index (χ2n) is 24.1. The van der Waals surface area contributed by atoms with Crippen molar-refractivity contribution >= 4 is 52.6 Å². The smallest absolute Gasteiger partial charge is 0.416 e. The largest absolute Gasteiger partial charge is 0.478 e. The van der Waals surface area contributed by atoms with E-state index < -0.39 is 203 Å². The van der Waals surface area contributed by atoms with E-state index in [4.69, 9.17) is 9.73 Å². The van der Waals surface area contributed by atoms with Crippen LogP contribution in [0.15, 0.2) is 151 Å². The third-order valence-electron chi connectivity index (χ3n) is 16.4. The van der Waals surface area contributed by atoms with Crippen molar-refractivity contribution in [1.82, 2.24) is 4.67 Å². The molecule has 3 nitrogen and oxygen atoms in total. The van der Waals surface area contributed by atoms with Gasteiger partial charge < -0.3 is 4.74 Å². The maximum Gasteiger partial charge on any atom is 0.416 e. The maximum atomic E-state index is 14.2. The first-order valence-corrected chi connectivity index (χ1v) is 31.1. The Morgan fingerprint density at radius 3 is 0.928 bits per heavy atom. The molecule has 1 radical (unpaired) electrons. The van der Waals surface area contributed by atoms with Crippen LogP contribution in [-0.2, 0) is 87.1 Å². The van der Waals surface area contributed by atoms with Gasteiger partial charge in [-0.1, -0.05) is 156 Å². The number of hydrogen-bond acceptors (Lipinski definition) is 3. The number of rotatable bonds is 10. The van der Waals surface area contributed by atoms with E-state index in [1.54, 1.807) is 0 Å². The first-order valence-electron chi connectivity index (χ1n) is 29.8. The average molecular weight is 1600 g/mol. The van der Waals surface area contributed by atoms with Crippen molar-refractivity contribution in [2.75, 3.05) is 13.2 Å². The van der Waals surface area contributed by atoms with Gasteiger partial charge in [-0.2, -0.15) is 127 Å². The molecule has 30 heteroatoms. The summed E-state index contributed by atoms with van der Waals surface area (Å²) in [5, 5.41) is 3.00. The molecule has 0 bridgehead atoms. The van der Waals surface area contributed by atoms with E-state index in [0.29, 0.717) is 0 Å². The monoisotopic (exact) mass is 1600 g/mol. The van der Waals surface area contributed by atoms with E-state index in [1.807, 2.05) is 0 Å². The molecule has 97 heavy (non-hydrogen) atoms. The first kappa shape index (κ1) is 79.7. The minimum Gasteiger partial charge on any atom is -0.478 e. The molecule has 6 aromatic rings. The predicted molar refractivity (Wildman–Crippen MR) is 321 cm³/mol. The fourth-order valence-corrected chi connectivity index (χ4v) is 14.7. The van der Waals surface area contributed by atoms with Gasteiger partial charge >= 0.3 is 49.4 Å². The Balaban J connectivity index is 0.000000307. The molecule has 3 aliphatic rings. The number of alkyl halides is 24. The summed E-state index contributed by atoms with van der Waals surface area (Å²) in [6.07, 6.45) is -36.3. The summed E-state index contributed by atoms with van der Waals surface area (Å²) in [5.41, 5.74) is -27.1. The Morgan fingerprint density at radius 2 is 0.691 bits per heavy atom. The van der Waals surface area contributed by atoms with Gasteiger partial charge in [0.15, 0.2) is 0 Å². The van der Waals surface area contributed by atoms with Crippen LogP contribution in [0.3, 0.4) is 0 Å². The second-order valence-corrected chi connectivity index (χ2v) is 26.2. The first-order chi connectivity index (χ1) is 44.2. The molecule has 2 atom stereocenters. The Bertz CT molecular complexity index is 3270. The maximum absolute atomic E-state index is 14.2. The zero-order valence-electron chi connectivity index (χ0n) is 51.8. The molecule has 0 amide bonds. The van der Waals surface area contributed by atoms with Crippen molar-refractivity contribution < 1.29 is 130 Å². The van der Waals surface area contributed by atoms with E-state index in [9.17, 15) is 105 Å². The van der Waals surface area contributed by atoms with E-state index in [-0.39, 0.29) is 37.6 Å². The van der Waals surface area contributed by atoms with Gasteiger partial charge in [-0.3, -0.25) is 4.67 Å². The molecule has 9 rings (SSSR count). The molecule has 531 valence electrons. The Kier molecular flexibility index (Phi) is 24.9. The van der Waals surface area contributed by atoms with Crippen molar-refractivity contribution in [2.24, 2.45) is 10.4 Å². The molecule has 6 aromatic carbocycles. The Hall–Kier alpha value is -6.31. The van der Waals surface area contributed by atoms with E-state index in [2.05, 4.69) is 112 Å². The van der Waals surface area contributed by atoms with Crippen LogP contribution in [0.2, 0.25) is 0 Å². The molecule has 1 saturated heterocycles. The van der Waals surface area contributed by atoms with Gasteiger partial charge in [0.1, 0.15) is 12.8 Å². The van der Waals surface area contributed by atoms with Gasteiger partial charge in [-0.05, 0) is 103 Å². The van der Waals surface area contributed by atoms with Crippen molar-refractivity contribution in [3.05, 3.63) is 201 Å². The van der Waals surface area contributed by atoms with Gasteiger partial charge in [-0.25, -0.2) is 4.99 Å². The van der Waals surface area contributed by atoms with Crippen molar-refractivity contribution in [3.63, 3.8) is 0 Å². The van der Waals surface area contributed by atoms with Crippen LogP contribution in [0, 0.1) is 5.41 Å². The number of ether oxygens (including phenoxy) is 1. The fourth-order valence-electron chi connectivity index (χ4n) is 11.6. The molecular formula is C67H61BF24IrN2OP-. The minimum absolute atomic E-state index is 0. The number of benzene rings is 6. The summed E-state index contributed by atoms with van der Waals surface area (Å²) >= 11 is 0. The summed E-state index contributed by atoms with van der Waals surface area (Å²) < 4.78 is 350. The van der Waals surface area contributed by atoms with Crippen LogP contribution in [-0.4, -0.2) is 41.9 Å². The number of halogens is 24. The van der Waals surface area contributed by atoms with Gasteiger partial charge in [0.25, 0.3) is 0 Å². The molecule has 0 aromatic heterocycles. The van der Waals surface area contributed by atoms with Gasteiger partial charge in [0.05, 0.1) is 56.6 Å². The standard InChI is InChI=1S/C32H12BF24.C27H37N2OP.C8H12.Ir/c34-25(35,36)13-1-14(26(37,38)39)6-21(5-13)33(22-7-15(27(40,41)42)2-16(8-22)28(43,44)45,23-9-17(29(46,47)48)3-18(10-23)30(49,50)51)24-11-19(31(52,53)54)4-20(12-24)32(55,56)57;1-6-20-13-8-10-16-23(20)31(24-17-11-9-14-21(24)7-2)29-18-12-15-22(29)26-28-25(19-30-26)27(3,4)5;1-2-4-6-8-7-5-3-1;/h1-12H;8-11,13-14,16-17,22,25H,6-7,12,15,18-19H2,1-5H3;1-2,7-8H,3-6H2;/q-1;;;/b;;2-1-,8-7-;/t;22-,25-;;/m.0../s1. The SMILES string of the molecule is C1=C\CC/C=C\CC/1.CCc1ccccc1P(c1ccccc1CC)N1CCC[C@H]1C1=N[C@H](C(C)(C)C)CO1.FC(F)(F)c1cc([B-](c2cc(C(F)(F)F)cc(C(F)(F)F)c2)(c2cc(C(F)(F)F)cc(C(F)(F)F)c2)c2cc(C(F)(F)F)cc(C(F)(F)F)c2)cc(C(F)(F)F)c1.[Ir]. The molecular weight excluding hydrogens is 1540 g/mol. The molecule has 2 heterocycles. The minimum atomic E-state index is -6.13. The van der Waals surface area contributed by atoms with Crippen molar-refractivity contribution in [1.29, 1.82) is 0 Å². The van der Waals surface area contributed by atoms with Gasteiger partial charge in [0.2, 0.25) is 5.90 Å². The second kappa shape index (κ2) is 30.3. The Morgan fingerprint density at radius 1 is 0.423 bits per heavy atom. The van der Waals surface area contributed by atoms with Crippen LogP contribution >= 0.6 is 8.07 Å². The van der Waals surface area contributed by atoms with Crippen LogP contribution < -0.4 is 32.5 Å². The summed E-state index contributed by atoms with van der Waals surface area (Å²) in [4.78, 5) is 5.11. The summed E-state index contributed by atoms with van der Waals surface area (Å²) in [6, 6.07) is 9.86. The quantitative estimate of drug-likeness (QED) is 0.0591. The van der Waals surface area contributed by atoms with E-state index in [0.717, 1.165) is 38.3 Å². The normalized spacial score (nSPS) is 17.8. The van der Waals surface area contributed by atoms with Crippen molar-refractivity contribution in [3.8, 4) is 0 Å². The van der Waals surface area contributed by atoms with Crippen LogP contribution in [0.25, 0.3) is 0 Å². The topological polar surface area (TPSA) is 24.8 Å². The molecule has 1 aliphatic carbocycles. The molecule has 1 fully saturated rings. The summed E-state index contributed by atoms with van der Waals surface area (Å²) in [7, 11) is -0.631. The van der Waals surface area contributed by atoms with Crippen LogP contribution in [0.1, 0.15) is 129 Å². The number of allylic oxidation sites excluding steroid dienone is 4. The third kappa shape index (κ3) is 19.4. The summed E-state index contributed by atoms with van der Waals surface area (Å²) in [5.74, 6) is 0.980. The predicted octanol–water partition coefficient (Wildman–Crippen LogP) is 19.4. The number of aryl methyl sites for hydroxylation is 2. The zero-order chi connectivity index (χ0) is 71.6. The van der Waals surface area contributed by atoms with E-state index >= 15 is 0 Å². The third-order valence-corrected chi connectivity index (χ3v) is 19.2. The number of nitrogens with zero attached hydrogens (tertiary/aromatic N) is 2.